The molecule has 0 aromatic heterocycles. The van der Waals surface area contributed by atoms with Crippen LogP contribution in [-0.2, 0) is 4.74 Å². The van der Waals surface area contributed by atoms with Crippen LogP contribution < -0.4 is 5.32 Å². The number of rotatable bonds is 2. The topological polar surface area (TPSA) is 24.5 Å². The smallest absolute Gasteiger partial charge is 0.169 e. The van der Waals surface area contributed by atoms with Crippen molar-refractivity contribution in [1.29, 1.82) is 0 Å². The van der Waals surface area contributed by atoms with Crippen LogP contribution in [0, 0.1) is 0 Å². The Kier molecular flexibility index (Phi) is 2.90. The Balaban J connectivity index is 2.29. The molecule has 0 atom stereocenters. The number of ether oxygens (including phenoxy) is 1. The molecular formula is C8H16N2OS. The zero-order valence-electron chi connectivity index (χ0n) is 7.89. The van der Waals surface area contributed by atoms with E-state index in [0.29, 0.717) is 0 Å². The Labute approximate surface area is 79.1 Å². The number of hydrogen-bond donors (Lipinski definition) is 1. The quantitative estimate of drug-likeness (QED) is 0.641. The molecule has 0 aliphatic carbocycles. The summed E-state index contributed by atoms with van der Waals surface area (Å²) in [6.07, 6.45) is 0. The minimum Gasteiger partial charge on any atom is -0.375 e. The van der Waals surface area contributed by atoms with Gasteiger partial charge in [-0.2, -0.15) is 0 Å². The van der Waals surface area contributed by atoms with E-state index < -0.39 is 0 Å². The van der Waals surface area contributed by atoms with Gasteiger partial charge in [-0.1, -0.05) is 0 Å². The molecule has 0 aromatic rings. The van der Waals surface area contributed by atoms with E-state index in [2.05, 4.69) is 17.1 Å². The molecule has 1 aliphatic rings. The maximum Gasteiger partial charge on any atom is 0.169 e. The van der Waals surface area contributed by atoms with Crippen LogP contribution in [0.1, 0.15) is 13.8 Å². The van der Waals surface area contributed by atoms with Crippen LogP contribution in [0.4, 0.5) is 0 Å². The van der Waals surface area contributed by atoms with Gasteiger partial charge >= 0.3 is 0 Å². The molecule has 1 fully saturated rings. The van der Waals surface area contributed by atoms with Crippen LogP contribution in [0.2, 0.25) is 0 Å². The molecule has 1 rings (SSSR count). The summed E-state index contributed by atoms with van der Waals surface area (Å²) in [6, 6.07) is 0. The van der Waals surface area contributed by atoms with Crippen molar-refractivity contribution < 1.29 is 4.74 Å². The summed E-state index contributed by atoms with van der Waals surface area (Å²) < 4.78 is 5.30. The van der Waals surface area contributed by atoms with E-state index in [9.17, 15) is 0 Å². The number of methoxy groups -OCH3 is 1. The number of nitrogens with one attached hydrogen (secondary N) is 1. The van der Waals surface area contributed by atoms with Gasteiger partial charge in [0.05, 0.1) is 18.7 Å². The second kappa shape index (κ2) is 3.58. The highest BCUT2D eigenvalue weighted by molar-refractivity contribution is 7.80. The van der Waals surface area contributed by atoms with Gasteiger partial charge in [0.1, 0.15) is 0 Å². The van der Waals surface area contributed by atoms with Crippen LogP contribution in [0.5, 0.6) is 0 Å². The van der Waals surface area contributed by atoms with E-state index in [0.717, 1.165) is 24.7 Å². The van der Waals surface area contributed by atoms with E-state index in [-0.39, 0.29) is 5.60 Å². The largest absolute Gasteiger partial charge is 0.375 e. The van der Waals surface area contributed by atoms with Crippen LogP contribution in [0.3, 0.4) is 0 Å². The van der Waals surface area contributed by atoms with E-state index in [1.165, 1.54) is 0 Å². The van der Waals surface area contributed by atoms with Gasteiger partial charge in [0.2, 0.25) is 0 Å². The Hall–Kier alpha value is -0.350. The van der Waals surface area contributed by atoms with Gasteiger partial charge in [0.15, 0.2) is 5.11 Å². The minimum absolute atomic E-state index is 0.0134. The molecule has 0 amide bonds. The lowest BCUT2D eigenvalue weighted by atomic mass is 9.97. The standard InChI is InChI=1S/C8H16N2OS/c1-4-9-7(12)10-5-8(2,6-10)11-3/h4-6H2,1-3H3,(H,9,12). The monoisotopic (exact) mass is 188 g/mol. The molecule has 0 aromatic carbocycles. The average molecular weight is 188 g/mol. The Morgan fingerprint density at radius 3 is 2.67 bits per heavy atom. The van der Waals surface area contributed by atoms with Crippen molar-refractivity contribution in [3.05, 3.63) is 0 Å². The van der Waals surface area contributed by atoms with Crippen molar-refractivity contribution in [2.24, 2.45) is 0 Å². The zero-order valence-corrected chi connectivity index (χ0v) is 8.70. The van der Waals surface area contributed by atoms with Crippen LogP contribution in [0.25, 0.3) is 0 Å². The van der Waals surface area contributed by atoms with Gasteiger partial charge in [-0.25, -0.2) is 0 Å². The first kappa shape index (κ1) is 9.74. The van der Waals surface area contributed by atoms with Crippen LogP contribution in [0.15, 0.2) is 0 Å². The highest BCUT2D eigenvalue weighted by Gasteiger charge is 2.39. The Morgan fingerprint density at radius 1 is 1.67 bits per heavy atom. The predicted molar refractivity (Wildman–Crippen MR) is 53.3 cm³/mol. The summed E-state index contributed by atoms with van der Waals surface area (Å²) in [5.41, 5.74) is 0.0134. The average Bonchev–Trinajstić information content (AvgIpc) is 1.99. The number of nitrogens with zero attached hydrogens (tertiary/aromatic N) is 1. The molecule has 1 saturated heterocycles. The lowest BCUT2D eigenvalue weighted by Crippen LogP contribution is -2.64. The van der Waals surface area contributed by atoms with Gasteiger partial charge in [-0.05, 0) is 26.1 Å². The number of hydrogen-bond acceptors (Lipinski definition) is 2. The summed E-state index contributed by atoms with van der Waals surface area (Å²) in [7, 11) is 1.74. The fraction of sp³-hybridized carbons (Fsp3) is 0.875. The van der Waals surface area contributed by atoms with E-state index >= 15 is 0 Å². The van der Waals surface area contributed by atoms with E-state index in [1.54, 1.807) is 7.11 Å². The molecule has 1 heterocycles. The Morgan fingerprint density at radius 2 is 2.25 bits per heavy atom. The normalized spacial score (nSPS) is 20.1. The van der Waals surface area contributed by atoms with E-state index in [4.69, 9.17) is 17.0 Å². The molecule has 4 heteroatoms. The molecule has 0 saturated carbocycles. The second-order valence-electron chi connectivity index (χ2n) is 3.35. The molecule has 0 spiro atoms. The number of thiocarbonyl (C=S) groups is 1. The van der Waals surface area contributed by atoms with Crippen LogP contribution in [-0.4, -0.2) is 42.4 Å². The first-order chi connectivity index (χ1) is 5.61. The third-order valence-electron chi connectivity index (χ3n) is 2.16. The molecule has 70 valence electrons. The minimum atomic E-state index is 0.0134. The first-order valence-electron chi connectivity index (χ1n) is 4.19. The van der Waals surface area contributed by atoms with Crippen molar-refractivity contribution >= 4 is 17.3 Å². The van der Waals surface area contributed by atoms with E-state index in [1.807, 2.05) is 6.92 Å². The van der Waals surface area contributed by atoms with Crippen molar-refractivity contribution in [2.75, 3.05) is 26.7 Å². The Bertz CT molecular complexity index is 178. The molecule has 0 bridgehead atoms. The lowest BCUT2D eigenvalue weighted by molar-refractivity contribution is -0.0829. The summed E-state index contributed by atoms with van der Waals surface area (Å²) in [5.74, 6) is 0. The summed E-state index contributed by atoms with van der Waals surface area (Å²) in [5, 5.41) is 3.95. The first-order valence-corrected chi connectivity index (χ1v) is 4.60. The summed E-state index contributed by atoms with van der Waals surface area (Å²) >= 11 is 5.14. The fourth-order valence-electron chi connectivity index (χ4n) is 1.30. The molecule has 12 heavy (non-hydrogen) atoms. The predicted octanol–water partition coefficient (Wildman–Crippen LogP) is 0.602. The zero-order chi connectivity index (χ0) is 9.19. The molecule has 1 aliphatic heterocycles. The summed E-state index contributed by atoms with van der Waals surface area (Å²) in [6.45, 7) is 6.82. The van der Waals surface area contributed by atoms with Gasteiger partial charge in [0.25, 0.3) is 0 Å². The molecule has 0 unspecified atom stereocenters. The third kappa shape index (κ3) is 1.87. The maximum absolute atomic E-state index is 5.30. The third-order valence-corrected chi connectivity index (χ3v) is 2.56. The van der Waals surface area contributed by atoms with Crippen molar-refractivity contribution in [3.8, 4) is 0 Å². The second-order valence-corrected chi connectivity index (χ2v) is 3.73. The molecule has 3 nitrogen and oxygen atoms in total. The van der Waals surface area contributed by atoms with Crippen LogP contribution >= 0.6 is 12.2 Å². The van der Waals surface area contributed by atoms with Gasteiger partial charge in [-0.15, -0.1) is 0 Å². The lowest BCUT2D eigenvalue weighted by Gasteiger charge is -2.47. The van der Waals surface area contributed by atoms with Crippen molar-refractivity contribution in [1.82, 2.24) is 10.2 Å². The van der Waals surface area contributed by atoms with Crippen molar-refractivity contribution in [3.63, 3.8) is 0 Å². The van der Waals surface area contributed by atoms with Gasteiger partial charge in [0, 0.05) is 13.7 Å². The molecule has 0 radical (unpaired) electrons. The highest BCUT2D eigenvalue weighted by atomic mass is 32.1. The van der Waals surface area contributed by atoms with Gasteiger partial charge in [-0.3, -0.25) is 0 Å². The highest BCUT2D eigenvalue weighted by Crippen LogP contribution is 2.23. The molecular weight excluding hydrogens is 172 g/mol. The number of likely N-dealkylation sites (tertiary alicyclic amines) is 1. The maximum atomic E-state index is 5.30. The molecule has 1 N–H and O–H groups in total. The SMILES string of the molecule is CCNC(=S)N1CC(C)(OC)C1. The summed E-state index contributed by atoms with van der Waals surface area (Å²) in [4.78, 5) is 2.11. The van der Waals surface area contributed by atoms with Gasteiger partial charge < -0.3 is 15.0 Å². The fourth-order valence-corrected chi connectivity index (χ4v) is 1.57. The van der Waals surface area contributed by atoms with Crippen molar-refractivity contribution in [2.45, 2.75) is 19.4 Å².